The fraction of sp³-hybridized carbons (Fsp3) is 0.611. The Labute approximate surface area is 305 Å². The highest BCUT2D eigenvalue weighted by molar-refractivity contribution is 7.93. The minimum atomic E-state index is -3.59. The Morgan fingerprint density at radius 3 is 2.02 bits per heavy atom. The van der Waals surface area contributed by atoms with Crippen LogP contribution in [0.3, 0.4) is 0 Å². The number of hydrogen-bond acceptors (Lipinski definition) is 11. The number of rotatable bonds is 15. The van der Waals surface area contributed by atoms with Crippen LogP contribution in [0.4, 0.5) is 4.79 Å². The third kappa shape index (κ3) is 15.0. The first-order valence-corrected chi connectivity index (χ1v) is 19.3. The molecule has 0 radical (unpaired) electrons. The summed E-state index contributed by atoms with van der Waals surface area (Å²) in [6, 6.07) is 4.34. The van der Waals surface area contributed by atoms with Crippen molar-refractivity contribution in [3.05, 3.63) is 47.4 Å². The minimum Gasteiger partial charge on any atom is -0.460 e. The van der Waals surface area contributed by atoms with Crippen LogP contribution in [0.5, 0.6) is 0 Å². The fourth-order valence-electron chi connectivity index (χ4n) is 5.46. The van der Waals surface area contributed by atoms with E-state index in [0.717, 1.165) is 11.7 Å². The highest BCUT2D eigenvalue weighted by Crippen LogP contribution is 2.35. The molecule has 15 nitrogen and oxygen atoms in total. The van der Waals surface area contributed by atoms with Crippen LogP contribution >= 0.6 is 0 Å². The van der Waals surface area contributed by atoms with Crippen LogP contribution in [0.1, 0.15) is 85.6 Å². The lowest BCUT2D eigenvalue weighted by molar-refractivity contribution is -0.157. The molecule has 16 heteroatoms. The van der Waals surface area contributed by atoms with Crippen LogP contribution in [0, 0.1) is 5.92 Å². The molecule has 1 aliphatic carbocycles. The van der Waals surface area contributed by atoms with Gasteiger partial charge in [-0.25, -0.2) is 13.2 Å². The van der Waals surface area contributed by atoms with Gasteiger partial charge in [0.15, 0.2) is 9.84 Å². The molecule has 4 amide bonds. The largest absolute Gasteiger partial charge is 0.460 e. The van der Waals surface area contributed by atoms with E-state index in [2.05, 4.69) is 16.0 Å². The Kier molecular flexibility index (Phi) is 14.4. The van der Waals surface area contributed by atoms with Gasteiger partial charge in [0.05, 0.1) is 18.9 Å². The zero-order chi connectivity index (χ0) is 38.9. The molecule has 1 saturated heterocycles. The zero-order valence-corrected chi connectivity index (χ0v) is 31.7. The van der Waals surface area contributed by atoms with E-state index in [0.29, 0.717) is 24.8 Å². The number of alkyl carbamates (subject to hydrolysis) is 1. The van der Waals surface area contributed by atoms with E-state index in [-0.39, 0.29) is 31.9 Å². The summed E-state index contributed by atoms with van der Waals surface area (Å²) in [7, 11) is -3.59. The number of hydrogen-bond donors (Lipinski definition) is 3. The van der Waals surface area contributed by atoms with Crippen LogP contribution in [0.15, 0.2) is 41.8 Å². The highest BCUT2D eigenvalue weighted by Gasteiger charge is 2.45. The lowest BCUT2D eigenvalue weighted by atomic mass is 10.1. The van der Waals surface area contributed by atoms with E-state index in [1.54, 1.807) is 65.8 Å². The molecule has 288 valence electrons. The summed E-state index contributed by atoms with van der Waals surface area (Å²) in [6.07, 6.45) is 2.33. The minimum absolute atomic E-state index is 0.0856. The number of ether oxygens (including phenoxy) is 3. The first kappa shape index (κ1) is 41.9. The summed E-state index contributed by atoms with van der Waals surface area (Å²) in [6.45, 7) is 10.1. The number of carbonyl (C=O) groups excluding carboxylic acids is 6. The van der Waals surface area contributed by atoms with Crippen molar-refractivity contribution in [2.75, 3.05) is 12.8 Å². The van der Waals surface area contributed by atoms with Crippen LogP contribution in [-0.2, 0) is 54.6 Å². The normalized spacial score (nSPS) is 18.1. The molecule has 1 heterocycles. The van der Waals surface area contributed by atoms with Gasteiger partial charge in [0.2, 0.25) is 17.7 Å². The van der Waals surface area contributed by atoms with Gasteiger partial charge in [0, 0.05) is 18.2 Å². The summed E-state index contributed by atoms with van der Waals surface area (Å²) in [5, 5.41) is 8.70. The molecule has 0 unspecified atom stereocenters. The number of carbonyl (C=O) groups is 6. The quantitative estimate of drug-likeness (QED) is 0.176. The van der Waals surface area contributed by atoms with Gasteiger partial charge in [-0.15, -0.1) is 0 Å². The van der Waals surface area contributed by atoms with E-state index in [1.165, 1.54) is 11.0 Å². The molecule has 0 aromatic heterocycles. The molecule has 3 N–H and O–H groups in total. The molecule has 0 spiro atoms. The summed E-state index contributed by atoms with van der Waals surface area (Å²) in [5.41, 5.74) is -0.972. The van der Waals surface area contributed by atoms with Gasteiger partial charge >= 0.3 is 18.0 Å². The number of likely N-dealkylation sites (tertiary alicyclic amines) is 1. The Hall–Kier alpha value is -4.47. The lowest BCUT2D eigenvalue weighted by Gasteiger charge is -2.30. The predicted octanol–water partition coefficient (Wildman–Crippen LogP) is 2.67. The Morgan fingerprint density at radius 1 is 0.865 bits per heavy atom. The van der Waals surface area contributed by atoms with Crippen LogP contribution < -0.4 is 16.0 Å². The van der Waals surface area contributed by atoms with Crippen molar-refractivity contribution in [1.29, 1.82) is 0 Å². The smallest absolute Gasteiger partial charge is 0.408 e. The number of amides is 4. The van der Waals surface area contributed by atoms with E-state index < -0.39 is 87.4 Å². The van der Waals surface area contributed by atoms with Gasteiger partial charge in [-0.2, -0.15) is 0 Å². The van der Waals surface area contributed by atoms with Crippen molar-refractivity contribution < 1.29 is 51.4 Å². The van der Waals surface area contributed by atoms with E-state index in [9.17, 15) is 37.2 Å². The monoisotopic (exact) mass is 748 g/mol. The van der Waals surface area contributed by atoms with E-state index >= 15 is 0 Å². The van der Waals surface area contributed by atoms with Gasteiger partial charge in [0.25, 0.3) is 0 Å². The molecule has 1 saturated carbocycles. The SMILES string of the molecule is CC(C)(C)OC(=O)C[C@@H](/C=C/S(C)(=O)=O)NC(=O)[C@H]1CCCN1C(=O)[C@@H](NC(=O)[C@H](CC(=O)OC(C)(C)C)NC(=O)OCc1ccccc1)C1CC1. The van der Waals surface area contributed by atoms with Crippen molar-refractivity contribution in [1.82, 2.24) is 20.9 Å². The average Bonchev–Trinajstić information content (AvgIpc) is 3.73. The van der Waals surface area contributed by atoms with Crippen LogP contribution in [-0.4, -0.2) is 97.2 Å². The lowest BCUT2D eigenvalue weighted by Crippen LogP contribution is -2.58. The summed E-state index contributed by atoms with van der Waals surface area (Å²) in [5.74, 6) is -3.60. The maximum absolute atomic E-state index is 14.0. The molecule has 3 rings (SSSR count). The first-order valence-electron chi connectivity index (χ1n) is 17.3. The molecule has 2 fully saturated rings. The van der Waals surface area contributed by atoms with Gasteiger partial charge < -0.3 is 35.1 Å². The van der Waals surface area contributed by atoms with E-state index in [1.807, 2.05) is 6.07 Å². The van der Waals surface area contributed by atoms with Crippen molar-refractivity contribution in [3.8, 4) is 0 Å². The Balaban J connectivity index is 1.75. The van der Waals surface area contributed by atoms with Crippen LogP contribution in [0.25, 0.3) is 0 Å². The second-order valence-corrected chi connectivity index (χ2v) is 17.1. The standard InChI is InChI=1S/C36H52N4O11S/c1-35(2,3)50-28(41)20-25(17-19-52(7,47)48)37-32(44)27-14-11-18-40(27)33(45)30(24-15-16-24)39-31(43)26(21-29(42)51-36(4,5)6)38-34(46)49-22-23-12-9-8-10-13-23/h8-10,12-13,17,19,24-27,30H,11,14-16,18,20-22H2,1-7H3,(H,37,44)(H,38,46)(H,39,43)/b19-17+/t25-,26+,27-,30+/m1/s1. The summed E-state index contributed by atoms with van der Waals surface area (Å²) < 4.78 is 39.7. The van der Waals surface area contributed by atoms with Crippen molar-refractivity contribution in [3.63, 3.8) is 0 Å². The van der Waals surface area contributed by atoms with Crippen molar-refractivity contribution >= 4 is 45.6 Å². The van der Waals surface area contributed by atoms with Crippen molar-refractivity contribution in [2.45, 2.75) is 122 Å². The van der Waals surface area contributed by atoms with Gasteiger partial charge in [-0.3, -0.25) is 24.0 Å². The fourth-order valence-corrected chi connectivity index (χ4v) is 5.93. The molecular weight excluding hydrogens is 696 g/mol. The number of esters is 2. The Morgan fingerprint density at radius 2 is 1.46 bits per heavy atom. The number of sulfone groups is 1. The van der Waals surface area contributed by atoms with Crippen LogP contribution in [0.2, 0.25) is 0 Å². The first-order chi connectivity index (χ1) is 24.1. The Bertz CT molecular complexity index is 1600. The molecule has 1 aromatic carbocycles. The predicted molar refractivity (Wildman–Crippen MR) is 190 cm³/mol. The van der Waals surface area contributed by atoms with E-state index in [4.69, 9.17) is 14.2 Å². The number of nitrogens with zero attached hydrogens (tertiary/aromatic N) is 1. The topological polar surface area (TPSA) is 204 Å². The molecule has 0 bridgehead atoms. The van der Waals surface area contributed by atoms with Gasteiger partial charge in [-0.05, 0) is 78.7 Å². The number of nitrogens with one attached hydrogen (secondary N) is 3. The summed E-state index contributed by atoms with van der Waals surface area (Å²) >= 11 is 0. The number of benzene rings is 1. The molecule has 4 atom stereocenters. The summed E-state index contributed by atoms with van der Waals surface area (Å²) in [4.78, 5) is 80.8. The molecule has 1 aliphatic heterocycles. The maximum atomic E-state index is 14.0. The second kappa shape index (κ2) is 17.8. The maximum Gasteiger partial charge on any atom is 0.408 e. The highest BCUT2D eigenvalue weighted by atomic mass is 32.2. The second-order valence-electron chi connectivity index (χ2n) is 15.1. The molecular formula is C36H52N4O11S. The zero-order valence-electron chi connectivity index (χ0n) is 30.9. The molecule has 52 heavy (non-hydrogen) atoms. The molecule has 1 aromatic rings. The third-order valence-corrected chi connectivity index (χ3v) is 8.45. The van der Waals surface area contributed by atoms with Gasteiger partial charge in [-0.1, -0.05) is 36.4 Å². The van der Waals surface area contributed by atoms with Crippen molar-refractivity contribution in [2.24, 2.45) is 5.92 Å². The third-order valence-electron chi connectivity index (χ3n) is 7.80. The van der Waals surface area contributed by atoms with Gasteiger partial charge in [0.1, 0.15) is 35.9 Å². The molecule has 2 aliphatic rings. The average molecular weight is 749 g/mol.